The highest BCUT2D eigenvalue weighted by Gasteiger charge is 2.14. The van der Waals surface area contributed by atoms with Gasteiger partial charge in [-0.05, 0) is 49.4 Å². The minimum Gasteiger partial charge on any atom is -0.497 e. The molecule has 4 rings (SSSR count). The molecule has 0 radical (unpaired) electrons. The van der Waals surface area contributed by atoms with Crippen LogP contribution in [-0.2, 0) is 0 Å². The summed E-state index contributed by atoms with van der Waals surface area (Å²) in [7, 11) is 1.60. The third kappa shape index (κ3) is 4.76. The van der Waals surface area contributed by atoms with Gasteiger partial charge in [-0.1, -0.05) is 54.1 Å². The van der Waals surface area contributed by atoms with Gasteiger partial charge in [0.15, 0.2) is 11.6 Å². The van der Waals surface area contributed by atoms with Gasteiger partial charge in [0.1, 0.15) is 17.2 Å². The van der Waals surface area contributed by atoms with Gasteiger partial charge in [0.25, 0.3) is 0 Å². The molecular formula is C28H22O4. The first kappa shape index (κ1) is 21.1. The van der Waals surface area contributed by atoms with E-state index >= 15 is 0 Å². The third-order valence-electron chi connectivity index (χ3n) is 5.09. The third-order valence-corrected chi connectivity index (χ3v) is 5.09. The van der Waals surface area contributed by atoms with Crippen molar-refractivity contribution in [3.63, 3.8) is 0 Å². The van der Waals surface area contributed by atoms with Crippen LogP contribution < -0.4 is 9.47 Å². The first-order valence-electron chi connectivity index (χ1n) is 10.2. The summed E-state index contributed by atoms with van der Waals surface area (Å²) in [6.45, 7) is 1.97. The summed E-state index contributed by atoms with van der Waals surface area (Å²) >= 11 is 0. The second-order valence-electron chi connectivity index (χ2n) is 7.41. The van der Waals surface area contributed by atoms with E-state index in [9.17, 15) is 9.59 Å². The lowest BCUT2D eigenvalue weighted by Gasteiger charge is -2.08. The van der Waals surface area contributed by atoms with Crippen molar-refractivity contribution in [2.45, 2.75) is 6.92 Å². The highest BCUT2D eigenvalue weighted by Crippen LogP contribution is 2.26. The van der Waals surface area contributed by atoms with Crippen LogP contribution in [0.4, 0.5) is 0 Å². The first-order chi connectivity index (χ1) is 15.5. The average Bonchev–Trinajstić information content (AvgIpc) is 2.84. The number of carbonyl (C=O) groups excluding carboxylic acids is 2. The Bertz CT molecular complexity index is 1260. The molecule has 0 bridgehead atoms. The first-order valence-corrected chi connectivity index (χ1v) is 10.2. The van der Waals surface area contributed by atoms with Gasteiger partial charge in [-0.2, -0.15) is 0 Å². The van der Waals surface area contributed by atoms with Crippen LogP contribution in [0.5, 0.6) is 17.2 Å². The van der Waals surface area contributed by atoms with E-state index in [1.54, 1.807) is 73.8 Å². The lowest BCUT2D eigenvalue weighted by molar-refractivity contribution is 0.103. The average molecular weight is 422 g/mol. The van der Waals surface area contributed by atoms with Crippen molar-refractivity contribution >= 4 is 11.6 Å². The maximum Gasteiger partial charge on any atom is 0.193 e. The maximum absolute atomic E-state index is 13.0. The number of aryl methyl sites for hydroxylation is 1. The minimum absolute atomic E-state index is 0.110. The van der Waals surface area contributed by atoms with Crippen molar-refractivity contribution < 1.29 is 19.1 Å². The molecule has 0 unspecified atom stereocenters. The van der Waals surface area contributed by atoms with Crippen molar-refractivity contribution in [2.24, 2.45) is 0 Å². The Balaban J connectivity index is 1.51. The molecule has 0 N–H and O–H groups in total. The van der Waals surface area contributed by atoms with E-state index in [0.29, 0.717) is 39.5 Å². The largest absolute Gasteiger partial charge is 0.497 e. The van der Waals surface area contributed by atoms with Crippen molar-refractivity contribution in [2.75, 3.05) is 7.11 Å². The number of benzene rings is 4. The van der Waals surface area contributed by atoms with Gasteiger partial charge in [0, 0.05) is 28.3 Å². The number of rotatable bonds is 7. The van der Waals surface area contributed by atoms with Gasteiger partial charge in [-0.15, -0.1) is 0 Å². The Morgan fingerprint density at radius 1 is 0.562 bits per heavy atom. The number of ether oxygens (including phenoxy) is 2. The van der Waals surface area contributed by atoms with Crippen LogP contribution in [0.3, 0.4) is 0 Å². The standard InChI is InChI=1S/C28H22O4/c1-19-9-11-20(12-10-19)27(29)22-5-3-6-23(17-22)28(30)21-13-15-24(16-14-21)32-26-8-4-7-25(18-26)31-2/h3-18H,1-2H3. The van der Waals surface area contributed by atoms with E-state index < -0.39 is 0 Å². The van der Waals surface area contributed by atoms with Gasteiger partial charge in [-0.3, -0.25) is 9.59 Å². The molecule has 0 spiro atoms. The molecule has 0 aliphatic heterocycles. The minimum atomic E-state index is -0.156. The van der Waals surface area contributed by atoms with E-state index in [4.69, 9.17) is 9.47 Å². The Morgan fingerprint density at radius 2 is 1.09 bits per heavy atom. The van der Waals surface area contributed by atoms with Gasteiger partial charge < -0.3 is 9.47 Å². The van der Waals surface area contributed by atoms with Crippen molar-refractivity contribution in [1.29, 1.82) is 0 Å². The Morgan fingerprint density at radius 3 is 1.69 bits per heavy atom. The Hall–Kier alpha value is -4.18. The molecule has 4 nitrogen and oxygen atoms in total. The zero-order valence-electron chi connectivity index (χ0n) is 17.9. The number of methoxy groups -OCH3 is 1. The smallest absolute Gasteiger partial charge is 0.193 e. The fourth-order valence-electron chi connectivity index (χ4n) is 3.32. The van der Waals surface area contributed by atoms with Crippen LogP contribution in [0.25, 0.3) is 0 Å². The molecule has 4 heteroatoms. The summed E-state index contributed by atoms with van der Waals surface area (Å²) in [6.07, 6.45) is 0. The Kier molecular flexibility index (Phi) is 6.13. The molecule has 0 aromatic heterocycles. The molecule has 0 saturated carbocycles. The topological polar surface area (TPSA) is 52.6 Å². The molecule has 4 aromatic carbocycles. The van der Waals surface area contributed by atoms with E-state index in [0.717, 1.165) is 5.56 Å². The van der Waals surface area contributed by atoms with Crippen LogP contribution >= 0.6 is 0 Å². The molecule has 0 aliphatic rings. The zero-order chi connectivity index (χ0) is 22.5. The predicted octanol–water partition coefficient (Wildman–Crippen LogP) is 6.26. The zero-order valence-corrected chi connectivity index (χ0v) is 17.9. The number of hydrogen-bond donors (Lipinski definition) is 0. The number of ketones is 2. The normalized spacial score (nSPS) is 10.4. The highest BCUT2D eigenvalue weighted by atomic mass is 16.5. The molecule has 4 aromatic rings. The lowest BCUT2D eigenvalue weighted by atomic mass is 9.97. The van der Waals surface area contributed by atoms with Gasteiger partial charge in [-0.25, -0.2) is 0 Å². The van der Waals surface area contributed by atoms with Crippen molar-refractivity contribution in [1.82, 2.24) is 0 Å². The predicted molar refractivity (Wildman–Crippen MR) is 124 cm³/mol. The van der Waals surface area contributed by atoms with E-state index in [1.807, 2.05) is 37.3 Å². The number of hydrogen-bond acceptors (Lipinski definition) is 4. The monoisotopic (exact) mass is 422 g/mol. The summed E-state index contributed by atoms with van der Waals surface area (Å²) in [5, 5.41) is 0. The fraction of sp³-hybridized carbons (Fsp3) is 0.0714. The van der Waals surface area contributed by atoms with E-state index in [1.165, 1.54) is 0 Å². The molecule has 0 atom stereocenters. The van der Waals surface area contributed by atoms with E-state index in [2.05, 4.69) is 0 Å². The molecule has 0 saturated heterocycles. The number of carbonyl (C=O) groups is 2. The molecule has 0 fully saturated rings. The SMILES string of the molecule is COc1cccc(Oc2ccc(C(=O)c3cccc(C(=O)c4ccc(C)cc4)c3)cc2)c1. The van der Waals surface area contributed by atoms with Crippen LogP contribution in [0, 0.1) is 6.92 Å². The van der Waals surface area contributed by atoms with Gasteiger partial charge >= 0.3 is 0 Å². The quantitative estimate of drug-likeness (QED) is 0.330. The summed E-state index contributed by atoms with van der Waals surface area (Å²) in [4.78, 5) is 25.8. The van der Waals surface area contributed by atoms with Crippen molar-refractivity contribution in [3.05, 3.63) is 125 Å². The van der Waals surface area contributed by atoms with Crippen molar-refractivity contribution in [3.8, 4) is 17.2 Å². The molecule has 32 heavy (non-hydrogen) atoms. The van der Waals surface area contributed by atoms with Crippen LogP contribution in [0.15, 0.2) is 97.1 Å². The molecular weight excluding hydrogens is 400 g/mol. The van der Waals surface area contributed by atoms with E-state index in [-0.39, 0.29) is 11.6 Å². The van der Waals surface area contributed by atoms with Crippen LogP contribution in [0.1, 0.15) is 37.4 Å². The highest BCUT2D eigenvalue weighted by molar-refractivity contribution is 6.13. The summed E-state index contributed by atoms with van der Waals surface area (Å²) in [6, 6.07) is 28.4. The summed E-state index contributed by atoms with van der Waals surface area (Å²) < 4.78 is 11.0. The molecule has 0 aliphatic carbocycles. The fourth-order valence-corrected chi connectivity index (χ4v) is 3.32. The second-order valence-corrected chi connectivity index (χ2v) is 7.41. The van der Waals surface area contributed by atoms with Crippen LogP contribution in [0.2, 0.25) is 0 Å². The maximum atomic E-state index is 13.0. The molecule has 0 amide bonds. The molecule has 0 heterocycles. The molecule has 158 valence electrons. The lowest BCUT2D eigenvalue weighted by Crippen LogP contribution is -2.06. The van der Waals surface area contributed by atoms with Crippen LogP contribution in [-0.4, -0.2) is 18.7 Å². The van der Waals surface area contributed by atoms with Gasteiger partial charge in [0.2, 0.25) is 0 Å². The second kappa shape index (κ2) is 9.31. The van der Waals surface area contributed by atoms with Gasteiger partial charge in [0.05, 0.1) is 7.11 Å². The summed E-state index contributed by atoms with van der Waals surface area (Å²) in [5.74, 6) is 1.69. The summed E-state index contributed by atoms with van der Waals surface area (Å²) in [5.41, 5.74) is 3.15. The Labute approximate surface area is 187 Å².